The second-order valence-corrected chi connectivity index (χ2v) is 7.89. The fourth-order valence-corrected chi connectivity index (χ4v) is 3.90. The fraction of sp³-hybridized carbons (Fsp3) is 0. The molecule has 0 bridgehead atoms. The van der Waals surface area contributed by atoms with Gasteiger partial charge in [0.15, 0.2) is 0 Å². The molecule has 0 radical (unpaired) electrons. The lowest BCUT2D eigenvalue weighted by Crippen LogP contribution is -2.68. The molecule has 0 aliphatic heterocycles. The van der Waals surface area contributed by atoms with E-state index in [0.29, 0.717) is 0 Å². The summed E-state index contributed by atoms with van der Waals surface area (Å²) in [7, 11) is -4.94. The van der Waals surface area contributed by atoms with Gasteiger partial charge in [-0.25, -0.2) is 18.6 Å². The molecule has 146 valence electrons. The molecule has 4 nitrogen and oxygen atoms in total. The minimum atomic E-state index is -4.94. The van der Waals surface area contributed by atoms with Crippen molar-refractivity contribution in [1.82, 2.24) is 0 Å². The zero-order chi connectivity index (χ0) is 20.7. The summed E-state index contributed by atoms with van der Waals surface area (Å²) >= 11 is 1.84. The van der Waals surface area contributed by atoms with Gasteiger partial charge in [-0.2, -0.15) is 0 Å². The molecule has 0 fully saturated rings. The molecule has 0 saturated carbocycles. The van der Waals surface area contributed by atoms with Gasteiger partial charge in [0.1, 0.15) is 0 Å². The van der Waals surface area contributed by atoms with Gasteiger partial charge in [0.05, 0.1) is 0 Å². The summed E-state index contributed by atoms with van der Waals surface area (Å²) in [6.45, 7) is 0. The summed E-state index contributed by atoms with van der Waals surface area (Å²) in [5, 5.41) is 0. The minimum Gasteiger partial charge on any atom is -0.222 e. The highest BCUT2D eigenvalue weighted by Gasteiger charge is 2.18. The Bertz CT molecular complexity index is 891. The zero-order valence-electron chi connectivity index (χ0n) is 15.2. The van der Waals surface area contributed by atoms with Gasteiger partial charge in [0.2, 0.25) is 21.1 Å². The molecule has 1 heterocycles. The first-order valence-corrected chi connectivity index (χ1v) is 10.7. The van der Waals surface area contributed by atoms with Crippen molar-refractivity contribution in [3.8, 4) is 32.0 Å². The van der Waals surface area contributed by atoms with E-state index < -0.39 is 10.2 Å². The second kappa shape index (κ2) is 9.71. The van der Waals surface area contributed by atoms with Crippen LogP contribution in [0.1, 0.15) is 0 Å². The molecular weight excluding hydrogens is 408 g/mol. The van der Waals surface area contributed by atoms with Crippen molar-refractivity contribution in [3.63, 3.8) is 0 Å². The number of halogens is 1. The Balaban J connectivity index is 0.000000431. The van der Waals surface area contributed by atoms with Crippen molar-refractivity contribution < 1.29 is 28.9 Å². The van der Waals surface area contributed by atoms with Crippen molar-refractivity contribution in [2.24, 2.45) is 0 Å². The van der Waals surface area contributed by atoms with E-state index in [0.717, 1.165) is 0 Å². The molecule has 4 rings (SSSR count). The molecule has 0 spiro atoms. The highest BCUT2D eigenvalue weighted by molar-refractivity contribution is 7.18. The van der Waals surface area contributed by atoms with E-state index >= 15 is 0 Å². The Morgan fingerprint density at radius 3 is 1.10 bits per heavy atom. The highest BCUT2D eigenvalue weighted by Crippen LogP contribution is 2.37. The zero-order valence-corrected chi connectivity index (χ0v) is 16.8. The van der Waals surface area contributed by atoms with Crippen LogP contribution in [0, 0.1) is 10.2 Å². The molecule has 0 amide bonds. The van der Waals surface area contributed by atoms with E-state index in [-0.39, 0.29) is 0 Å². The molecule has 0 atom stereocenters. The topological polar surface area (TPSA) is 92.2 Å². The number of hydrogen-bond acceptors (Lipinski definition) is 4. The molecule has 0 N–H and O–H groups in total. The average molecular weight is 425 g/mol. The van der Waals surface area contributed by atoms with Gasteiger partial charge in [-0.05, 0) is 35.4 Å². The predicted octanol–water partition coefficient (Wildman–Crippen LogP) is 2.27. The monoisotopic (exact) mass is 424 g/mol. The van der Waals surface area contributed by atoms with E-state index in [9.17, 15) is 0 Å². The third-order valence-electron chi connectivity index (χ3n) is 4.02. The Hall–Kier alpha value is -2.64. The van der Waals surface area contributed by atoms with Crippen LogP contribution in [-0.2, 0) is 0 Å². The summed E-state index contributed by atoms with van der Waals surface area (Å²) in [6, 6.07) is 36.4. The van der Waals surface area contributed by atoms with Crippen molar-refractivity contribution in [3.05, 3.63) is 103 Å². The smallest absolute Gasteiger partial charge is 0.222 e. The van der Waals surface area contributed by atoms with Crippen LogP contribution >= 0.6 is 11.3 Å². The van der Waals surface area contributed by atoms with E-state index in [2.05, 4.69) is 103 Å². The average Bonchev–Trinajstić information content (AvgIpc) is 2.74. The fourth-order valence-electron chi connectivity index (χ4n) is 2.79. The molecule has 0 unspecified atom stereocenters. The van der Waals surface area contributed by atoms with E-state index in [1.807, 2.05) is 11.3 Å². The minimum absolute atomic E-state index is 1.25. The van der Waals surface area contributed by atoms with Crippen LogP contribution < -0.4 is 18.6 Å². The summed E-state index contributed by atoms with van der Waals surface area (Å²) in [6.07, 6.45) is 0. The first kappa shape index (κ1) is 21.1. The van der Waals surface area contributed by atoms with E-state index in [1.54, 1.807) is 0 Å². The molecule has 0 aliphatic rings. The summed E-state index contributed by atoms with van der Waals surface area (Å²) in [4.78, 5) is 2.58. The van der Waals surface area contributed by atoms with Crippen molar-refractivity contribution in [2.45, 2.75) is 0 Å². The molecule has 0 aliphatic carbocycles. The Morgan fingerprint density at radius 1 is 0.448 bits per heavy atom. The number of rotatable bonds is 3. The predicted molar refractivity (Wildman–Crippen MR) is 105 cm³/mol. The lowest BCUT2D eigenvalue weighted by Gasteiger charge is -2.17. The SMILES string of the molecule is [O-][Cl+3]([O-])([O-])[O-].c1ccc(-c2cc(-c3ccccc3)[s+]c(-c3ccccc3)c2)cc1. The molecule has 29 heavy (non-hydrogen) atoms. The van der Waals surface area contributed by atoms with Crippen molar-refractivity contribution in [1.29, 1.82) is 0 Å². The van der Waals surface area contributed by atoms with Gasteiger partial charge in [-0.1, -0.05) is 66.7 Å². The third kappa shape index (κ3) is 6.73. The molecule has 4 aromatic rings. The van der Waals surface area contributed by atoms with Gasteiger partial charge in [-0.15, -0.1) is 10.2 Å². The molecule has 0 saturated heterocycles. The largest absolute Gasteiger partial charge is 0.239 e. The van der Waals surface area contributed by atoms with Gasteiger partial charge in [-0.3, -0.25) is 0 Å². The highest BCUT2D eigenvalue weighted by atomic mass is 35.7. The number of benzene rings is 3. The Labute approximate surface area is 175 Å². The maximum absolute atomic E-state index is 8.49. The maximum atomic E-state index is 8.49. The quantitative estimate of drug-likeness (QED) is 0.471. The van der Waals surface area contributed by atoms with Crippen LogP contribution in [0.2, 0.25) is 0 Å². The molecule has 3 aromatic carbocycles. The first-order valence-electron chi connectivity index (χ1n) is 8.66. The van der Waals surface area contributed by atoms with Crippen LogP contribution in [0.4, 0.5) is 0 Å². The maximum Gasteiger partial charge on any atom is 0.239 e. The summed E-state index contributed by atoms with van der Waals surface area (Å²) in [5.41, 5.74) is 5.03. The second-order valence-electron chi connectivity index (χ2n) is 6.05. The first-order chi connectivity index (χ1) is 13.9. The van der Waals surface area contributed by atoms with Gasteiger partial charge in [0, 0.05) is 23.3 Å². The lowest BCUT2D eigenvalue weighted by atomic mass is 10.0. The third-order valence-corrected chi connectivity index (χ3v) is 5.16. The van der Waals surface area contributed by atoms with Crippen LogP contribution in [0.5, 0.6) is 0 Å². The van der Waals surface area contributed by atoms with Crippen LogP contribution in [-0.4, -0.2) is 0 Å². The standard InChI is InChI=1S/C23H17S.ClHO4/c1-4-10-18(11-5-1)21-16-22(19-12-6-2-7-13-19)24-23(17-21)20-14-8-3-9-15-20;2-1(3,4)5/h1-17H;(H,2,3,4,5)/q+1;/p-1. The molecule has 6 heteroatoms. The van der Waals surface area contributed by atoms with Gasteiger partial charge < -0.3 is 0 Å². The Morgan fingerprint density at radius 2 is 0.759 bits per heavy atom. The van der Waals surface area contributed by atoms with Crippen molar-refractivity contribution in [2.75, 3.05) is 0 Å². The Kier molecular flexibility index (Phi) is 7.06. The van der Waals surface area contributed by atoms with E-state index in [1.165, 1.54) is 32.0 Å². The van der Waals surface area contributed by atoms with Gasteiger partial charge >= 0.3 is 0 Å². The summed E-state index contributed by atoms with van der Waals surface area (Å²) in [5.74, 6) is 0. The molecular formula is C23H17ClO4S. The van der Waals surface area contributed by atoms with Gasteiger partial charge in [0.25, 0.3) is 0 Å². The van der Waals surface area contributed by atoms with Crippen LogP contribution in [0.15, 0.2) is 103 Å². The van der Waals surface area contributed by atoms with Crippen LogP contribution in [0.3, 0.4) is 0 Å². The molecule has 1 aromatic heterocycles. The normalized spacial score (nSPS) is 10.8. The van der Waals surface area contributed by atoms with E-state index in [4.69, 9.17) is 18.6 Å². The number of hydrogen-bond donors (Lipinski definition) is 0. The lowest BCUT2D eigenvalue weighted by molar-refractivity contribution is -2.00. The summed E-state index contributed by atoms with van der Waals surface area (Å²) < 4.78 is 34.0. The van der Waals surface area contributed by atoms with Crippen molar-refractivity contribution >= 4 is 11.3 Å². The van der Waals surface area contributed by atoms with Crippen LogP contribution in [0.25, 0.3) is 32.0 Å².